The SMILES string of the molecule is CCCCC/C=C\C/C=C\C/C=C\CCCCCCCCCCC(=O)OC(/C=C/CCCCCCCCCCC)C(COP(=O)([O-])OCC[N+](C)(C)C)NC(=O)CCCCCCCCCCCCCCC/C=C/CCCCCCCC. The van der Waals surface area contributed by atoms with Gasteiger partial charge in [-0.05, 0) is 96.0 Å². The average Bonchev–Trinajstić information content (AvgIpc) is 3.43. The second-order valence-electron chi connectivity index (χ2n) is 24.7. The molecule has 0 aromatic heterocycles. The zero-order valence-electron chi connectivity index (χ0n) is 54.2. The van der Waals surface area contributed by atoms with Gasteiger partial charge >= 0.3 is 5.97 Å². The molecule has 3 atom stereocenters. The Labute approximate surface area is 502 Å². The quantitative estimate of drug-likeness (QED) is 0.0212. The molecule has 0 bridgehead atoms. The molecule has 3 unspecified atom stereocenters. The van der Waals surface area contributed by atoms with Crippen molar-refractivity contribution in [3.63, 3.8) is 0 Å². The standard InChI is InChI=1S/C71H133N2O7P/c1-7-10-13-16-19-22-25-27-29-31-33-35-36-38-39-41-43-45-48-51-54-57-60-63-70(74)72-68(67-79-81(76,77)78-66-65-73(4,5)6)69(62-59-56-53-50-47-24-21-18-15-12-9-3)80-71(75)64-61-58-55-52-49-46-44-42-40-37-34-32-30-28-26-23-20-17-14-11-8-2/h20,23,27-30,34,37,59,62,68-69H,7-19,21-22,24-26,31-33,35-36,38-58,60-61,63-67H2,1-6H3,(H-,72,74,76,77)/b23-20-,29-27+,30-28-,37-34-,62-59+. The topological polar surface area (TPSA) is 114 Å². The summed E-state index contributed by atoms with van der Waals surface area (Å²) in [6, 6.07) is -0.892. The first-order valence-electron chi connectivity index (χ1n) is 34.6. The highest BCUT2D eigenvalue weighted by Gasteiger charge is 2.27. The van der Waals surface area contributed by atoms with Crippen molar-refractivity contribution in [1.29, 1.82) is 0 Å². The molecule has 0 radical (unpaired) electrons. The Morgan fingerprint density at radius 3 is 1.16 bits per heavy atom. The van der Waals surface area contributed by atoms with E-state index in [0.717, 1.165) is 83.5 Å². The Bertz CT molecular complexity index is 1570. The van der Waals surface area contributed by atoms with Crippen LogP contribution in [-0.4, -0.2) is 69.4 Å². The predicted molar refractivity (Wildman–Crippen MR) is 349 cm³/mol. The normalized spacial score (nSPS) is 13.9. The van der Waals surface area contributed by atoms with Crippen LogP contribution in [0.2, 0.25) is 0 Å². The van der Waals surface area contributed by atoms with Crippen molar-refractivity contribution in [2.24, 2.45) is 0 Å². The predicted octanol–water partition coefficient (Wildman–Crippen LogP) is 21.2. The molecular formula is C71H133N2O7P. The van der Waals surface area contributed by atoms with E-state index < -0.39 is 20.0 Å². The third-order valence-electron chi connectivity index (χ3n) is 15.4. The van der Waals surface area contributed by atoms with E-state index in [1.165, 1.54) is 212 Å². The third kappa shape index (κ3) is 62.1. The number of phosphoric ester groups is 1. The van der Waals surface area contributed by atoms with Crippen molar-refractivity contribution >= 4 is 19.7 Å². The molecule has 0 spiro atoms. The molecule has 0 aliphatic carbocycles. The van der Waals surface area contributed by atoms with Gasteiger partial charge in [0, 0.05) is 12.8 Å². The van der Waals surface area contributed by atoms with Crippen molar-refractivity contribution in [3.05, 3.63) is 60.8 Å². The van der Waals surface area contributed by atoms with E-state index in [1.807, 2.05) is 33.3 Å². The smallest absolute Gasteiger partial charge is 0.306 e. The van der Waals surface area contributed by atoms with Crippen LogP contribution in [0.4, 0.5) is 0 Å². The highest BCUT2D eigenvalue weighted by molar-refractivity contribution is 7.45. The number of nitrogens with zero attached hydrogens (tertiary/aromatic N) is 1. The fraction of sp³-hybridized carbons (Fsp3) is 0.831. The summed E-state index contributed by atoms with van der Waals surface area (Å²) in [6.45, 7) is 6.84. The van der Waals surface area contributed by atoms with Gasteiger partial charge in [-0.3, -0.25) is 14.2 Å². The second-order valence-corrected chi connectivity index (χ2v) is 26.1. The van der Waals surface area contributed by atoms with Gasteiger partial charge in [0.1, 0.15) is 19.3 Å². The number of ether oxygens (including phenoxy) is 1. The molecule has 0 aliphatic rings. The minimum atomic E-state index is -4.70. The van der Waals surface area contributed by atoms with E-state index in [2.05, 4.69) is 74.7 Å². The van der Waals surface area contributed by atoms with Gasteiger partial charge in [-0.1, -0.05) is 281 Å². The first-order valence-corrected chi connectivity index (χ1v) is 36.1. The Hall–Kier alpha value is -2.29. The minimum Gasteiger partial charge on any atom is -0.756 e. The lowest BCUT2D eigenvalue weighted by Gasteiger charge is -2.30. The Morgan fingerprint density at radius 2 is 0.753 bits per heavy atom. The number of quaternary nitrogens is 1. The fourth-order valence-electron chi connectivity index (χ4n) is 10.1. The zero-order valence-corrected chi connectivity index (χ0v) is 55.1. The number of likely N-dealkylation sites (N-methyl/N-ethyl adjacent to an activating group) is 1. The number of amides is 1. The van der Waals surface area contributed by atoms with Gasteiger partial charge in [0.15, 0.2) is 0 Å². The molecule has 0 fully saturated rings. The van der Waals surface area contributed by atoms with Gasteiger partial charge < -0.3 is 28.5 Å². The summed E-state index contributed by atoms with van der Waals surface area (Å²) in [5.41, 5.74) is 0. The van der Waals surface area contributed by atoms with Crippen molar-refractivity contribution in [1.82, 2.24) is 5.32 Å². The lowest BCUT2D eigenvalue weighted by Crippen LogP contribution is -2.47. The van der Waals surface area contributed by atoms with Crippen LogP contribution in [0.15, 0.2) is 60.8 Å². The number of phosphoric acid groups is 1. The number of esters is 1. The molecule has 474 valence electrons. The third-order valence-corrected chi connectivity index (χ3v) is 16.4. The van der Waals surface area contributed by atoms with Crippen molar-refractivity contribution < 1.29 is 37.3 Å². The number of hydrogen-bond donors (Lipinski definition) is 1. The number of allylic oxidation sites excluding steroid dienone is 9. The van der Waals surface area contributed by atoms with Gasteiger partial charge in [0.2, 0.25) is 5.91 Å². The molecule has 0 heterocycles. The molecule has 0 rings (SSSR count). The number of carbonyl (C=O) groups excluding carboxylic acids is 2. The molecule has 9 nitrogen and oxygen atoms in total. The number of hydrogen-bond acceptors (Lipinski definition) is 7. The summed E-state index contributed by atoms with van der Waals surface area (Å²) in [6.07, 6.45) is 77.7. The van der Waals surface area contributed by atoms with Crippen LogP contribution in [0.1, 0.15) is 329 Å². The summed E-state index contributed by atoms with van der Waals surface area (Å²) in [5, 5.41) is 3.04. The monoisotopic (exact) mass is 1160 g/mol. The molecule has 1 amide bonds. The summed E-state index contributed by atoms with van der Waals surface area (Å²) >= 11 is 0. The Balaban J connectivity index is 5.07. The van der Waals surface area contributed by atoms with Crippen molar-refractivity contribution in [2.75, 3.05) is 40.9 Å². The maximum atomic E-state index is 13.6. The van der Waals surface area contributed by atoms with Crippen LogP contribution in [0.3, 0.4) is 0 Å². The van der Waals surface area contributed by atoms with E-state index in [-0.39, 0.29) is 31.5 Å². The highest BCUT2D eigenvalue weighted by Crippen LogP contribution is 2.38. The van der Waals surface area contributed by atoms with E-state index in [4.69, 9.17) is 13.8 Å². The molecule has 0 aromatic carbocycles. The van der Waals surface area contributed by atoms with Crippen molar-refractivity contribution in [3.8, 4) is 0 Å². The summed E-state index contributed by atoms with van der Waals surface area (Å²) in [4.78, 5) is 40.1. The van der Waals surface area contributed by atoms with E-state index in [9.17, 15) is 19.0 Å². The molecule has 1 N–H and O–H groups in total. The summed E-state index contributed by atoms with van der Waals surface area (Å²) in [5.74, 6) is -0.540. The second kappa shape index (κ2) is 60.8. The van der Waals surface area contributed by atoms with Gasteiger partial charge in [0.25, 0.3) is 7.82 Å². The van der Waals surface area contributed by atoms with E-state index in [0.29, 0.717) is 17.4 Å². The van der Waals surface area contributed by atoms with Crippen LogP contribution in [0.25, 0.3) is 0 Å². The molecule has 0 aliphatic heterocycles. The largest absolute Gasteiger partial charge is 0.756 e. The van der Waals surface area contributed by atoms with Crippen LogP contribution < -0.4 is 10.2 Å². The Kier molecular flexibility index (Phi) is 59.1. The lowest BCUT2D eigenvalue weighted by molar-refractivity contribution is -0.870. The van der Waals surface area contributed by atoms with Crippen LogP contribution in [-0.2, 0) is 27.9 Å². The molecule has 10 heteroatoms. The number of unbranched alkanes of at least 4 members (excludes halogenated alkanes) is 39. The zero-order chi connectivity index (χ0) is 59.3. The van der Waals surface area contributed by atoms with Gasteiger partial charge in [-0.2, -0.15) is 0 Å². The highest BCUT2D eigenvalue weighted by atomic mass is 31.2. The molecule has 0 saturated heterocycles. The fourth-order valence-corrected chi connectivity index (χ4v) is 10.8. The minimum absolute atomic E-state index is 0.0238. The Morgan fingerprint density at radius 1 is 0.432 bits per heavy atom. The van der Waals surface area contributed by atoms with E-state index >= 15 is 0 Å². The number of rotatable bonds is 63. The van der Waals surface area contributed by atoms with Gasteiger partial charge in [0.05, 0.1) is 33.8 Å². The first kappa shape index (κ1) is 78.7. The number of carbonyl (C=O) groups is 2. The van der Waals surface area contributed by atoms with Crippen molar-refractivity contribution in [2.45, 2.75) is 341 Å². The number of nitrogens with one attached hydrogen (secondary N) is 1. The maximum Gasteiger partial charge on any atom is 0.306 e. The average molecular weight is 1160 g/mol. The molecule has 0 aromatic rings. The van der Waals surface area contributed by atoms with Crippen LogP contribution in [0, 0.1) is 0 Å². The van der Waals surface area contributed by atoms with E-state index in [1.54, 1.807) is 0 Å². The maximum absolute atomic E-state index is 13.6. The summed E-state index contributed by atoms with van der Waals surface area (Å²) < 4.78 is 30.4. The lowest BCUT2D eigenvalue weighted by atomic mass is 10.0. The molecule has 81 heavy (non-hydrogen) atoms. The van der Waals surface area contributed by atoms with Gasteiger partial charge in [-0.25, -0.2) is 0 Å². The van der Waals surface area contributed by atoms with Crippen LogP contribution >= 0.6 is 7.82 Å². The van der Waals surface area contributed by atoms with Crippen LogP contribution in [0.5, 0.6) is 0 Å². The summed E-state index contributed by atoms with van der Waals surface area (Å²) in [7, 11) is 1.19. The molecular weight excluding hydrogens is 1020 g/mol. The first-order chi connectivity index (χ1) is 39.4. The van der Waals surface area contributed by atoms with Gasteiger partial charge in [-0.15, -0.1) is 0 Å². The molecule has 0 saturated carbocycles.